The Balaban J connectivity index is 1.90. The number of hydrogen-bond acceptors (Lipinski definition) is 2. The lowest BCUT2D eigenvalue weighted by Gasteiger charge is -2.31. The Morgan fingerprint density at radius 2 is 1.84 bits per heavy atom. The van der Waals surface area contributed by atoms with Gasteiger partial charge >= 0.3 is 0 Å². The predicted molar refractivity (Wildman–Crippen MR) is 105 cm³/mol. The van der Waals surface area contributed by atoms with E-state index < -0.39 is 10.3 Å². The minimum Gasteiger partial charge on any atom is -0.265 e. The van der Waals surface area contributed by atoms with E-state index in [9.17, 15) is 8.42 Å². The Morgan fingerprint density at radius 1 is 1.16 bits per heavy atom. The molecule has 0 aliphatic carbocycles. The fourth-order valence-electron chi connectivity index (χ4n) is 3.16. The van der Waals surface area contributed by atoms with Crippen LogP contribution in [-0.2, 0) is 10.3 Å². The molecular formula is C20H26ClNO2S. The molecule has 0 amide bonds. The molecular weight excluding hydrogens is 354 g/mol. The van der Waals surface area contributed by atoms with Gasteiger partial charge in [0.2, 0.25) is 10.3 Å². The number of nitrogens with zero attached hydrogens (tertiary/aromatic N) is 1. The molecule has 1 fully saturated rings. The number of likely N-dealkylation sites (tertiary alicyclic amines) is 1. The molecule has 1 aliphatic heterocycles. The zero-order chi connectivity index (χ0) is 18.1. The molecule has 0 saturated carbocycles. The van der Waals surface area contributed by atoms with Crippen LogP contribution < -0.4 is 0 Å². The first-order valence-electron chi connectivity index (χ1n) is 9.03. The number of halogens is 1. The first-order valence-corrected chi connectivity index (χ1v) is 10.5. The molecule has 0 atom stereocenters. The van der Waals surface area contributed by atoms with Gasteiger partial charge in [0.05, 0.1) is 6.42 Å². The average molecular weight is 380 g/mol. The monoisotopic (exact) mass is 379 g/mol. The fraction of sp³-hybridized carbons (Fsp3) is 0.550. The van der Waals surface area contributed by atoms with Crippen molar-refractivity contribution in [2.75, 3.05) is 13.1 Å². The molecule has 3 nitrogen and oxygen atoms in total. The summed E-state index contributed by atoms with van der Waals surface area (Å²) in [6.45, 7) is 3.68. The van der Waals surface area contributed by atoms with Crippen molar-refractivity contribution in [3.05, 3.63) is 34.9 Å². The average Bonchev–Trinajstić information content (AvgIpc) is 2.62. The van der Waals surface area contributed by atoms with Crippen molar-refractivity contribution in [3.63, 3.8) is 0 Å². The molecule has 0 aromatic heterocycles. The van der Waals surface area contributed by atoms with Crippen LogP contribution in [0.2, 0.25) is 5.02 Å². The van der Waals surface area contributed by atoms with Crippen molar-refractivity contribution in [2.24, 2.45) is 0 Å². The van der Waals surface area contributed by atoms with Crippen LogP contribution in [0, 0.1) is 11.8 Å². The van der Waals surface area contributed by atoms with E-state index in [2.05, 4.69) is 30.9 Å². The third-order valence-electron chi connectivity index (χ3n) is 4.65. The van der Waals surface area contributed by atoms with E-state index in [-0.39, 0.29) is 0 Å². The van der Waals surface area contributed by atoms with Gasteiger partial charge in [-0.15, -0.1) is 5.92 Å². The number of unbranched alkanes of at least 4 members (excludes halogenated alkanes) is 3. The smallest absolute Gasteiger partial charge is 0.229 e. The molecule has 1 saturated heterocycles. The Hall–Kier alpha value is -1.28. The lowest BCUT2D eigenvalue weighted by atomic mass is 9.89. The summed E-state index contributed by atoms with van der Waals surface area (Å²) in [4.78, 5) is 2.42. The first-order chi connectivity index (χ1) is 12.1. The Kier molecular flexibility index (Phi) is 8.54. The van der Waals surface area contributed by atoms with Gasteiger partial charge < -0.3 is 0 Å². The number of hydrogen-bond donors (Lipinski definition) is 0. The van der Waals surface area contributed by atoms with Crippen molar-refractivity contribution >= 4 is 26.9 Å². The molecule has 1 aromatic carbocycles. The summed E-state index contributed by atoms with van der Waals surface area (Å²) in [6.07, 6.45) is 6.52. The van der Waals surface area contributed by atoms with E-state index in [1.165, 1.54) is 18.4 Å². The van der Waals surface area contributed by atoms with Crippen molar-refractivity contribution in [1.82, 2.24) is 4.90 Å². The first kappa shape index (κ1) is 20.0. The minimum atomic E-state index is -2.20. The topological polar surface area (TPSA) is 37.4 Å². The summed E-state index contributed by atoms with van der Waals surface area (Å²) in [5.74, 6) is 6.60. The van der Waals surface area contributed by atoms with E-state index in [1.807, 2.05) is 17.0 Å². The summed E-state index contributed by atoms with van der Waals surface area (Å²) < 4.78 is 23.2. The third-order valence-corrected chi connectivity index (χ3v) is 5.69. The van der Waals surface area contributed by atoms with Crippen molar-refractivity contribution < 1.29 is 8.42 Å². The number of rotatable bonds is 5. The van der Waals surface area contributed by atoms with Gasteiger partial charge in [0.15, 0.2) is 0 Å². The van der Waals surface area contributed by atoms with E-state index in [4.69, 9.17) is 11.6 Å². The van der Waals surface area contributed by atoms with E-state index >= 15 is 0 Å². The summed E-state index contributed by atoms with van der Waals surface area (Å²) in [6, 6.07) is 7.98. The summed E-state index contributed by atoms with van der Waals surface area (Å²) in [5, 5.41) is 0.746. The van der Waals surface area contributed by atoms with Crippen LogP contribution in [0.3, 0.4) is 0 Å². The van der Waals surface area contributed by atoms with Gasteiger partial charge in [0, 0.05) is 24.5 Å². The second-order valence-electron chi connectivity index (χ2n) is 6.43. The SMILES string of the molecule is CCCCCC#CCC(N1CCC(c2ccc(Cl)cc2)CC1)=S(=O)=O. The minimum absolute atomic E-state index is 0.327. The molecule has 0 spiro atoms. The Bertz CT molecular complexity index is 728. The van der Waals surface area contributed by atoms with Gasteiger partial charge in [-0.25, -0.2) is 0 Å². The van der Waals surface area contributed by atoms with E-state index in [0.717, 1.165) is 43.8 Å². The van der Waals surface area contributed by atoms with Gasteiger partial charge in [-0.3, -0.25) is 4.90 Å². The van der Waals surface area contributed by atoms with Gasteiger partial charge in [-0.05, 0) is 42.9 Å². The molecule has 1 aromatic rings. The van der Waals surface area contributed by atoms with E-state index in [1.54, 1.807) is 0 Å². The highest BCUT2D eigenvalue weighted by atomic mass is 35.5. The van der Waals surface area contributed by atoms with Gasteiger partial charge in [-0.2, -0.15) is 8.42 Å². The van der Waals surface area contributed by atoms with Crippen molar-refractivity contribution in [1.29, 1.82) is 0 Å². The molecule has 0 radical (unpaired) electrons. The van der Waals surface area contributed by atoms with Crippen molar-refractivity contribution in [2.45, 2.75) is 57.8 Å². The molecule has 136 valence electrons. The normalized spacial score (nSPS) is 15.4. The maximum Gasteiger partial charge on any atom is 0.229 e. The fourth-order valence-corrected chi connectivity index (χ4v) is 3.87. The molecule has 5 heteroatoms. The molecule has 0 unspecified atom stereocenters. The van der Waals surface area contributed by atoms with Crippen LogP contribution in [0.25, 0.3) is 0 Å². The quantitative estimate of drug-likeness (QED) is 0.429. The summed E-state index contributed by atoms with van der Waals surface area (Å²) in [7, 11) is -2.20. The predicted octanol–water partition coefficient (Wildman–Crippen LogP) is 4.50. The van der Waals surface area contributed by atoms with Crippen LogP contribution in [0.1, 0.15) is 63.4 Å². The maximum atomic E-state index is 11.6. The van der Waals surface area contributed by atoms with Crippen LogP contribution in [0.15, 0.2) is 24.3 Å². The standard InChI is InChI=1S/C20H26ClNO2S/c1-2-3-4-5-6-7-8-20(25(23)24)22-15-13-18(14-16-22)17-9-11-19(21)12-10-17/h9-12,18H,2-5,8,13-16H2,1H3. The van der Waals surface area contributed by atoms with Crippen LogP contribution in [0.5, 0.6) is 0 Å². The summed E-state index contributed by atoms with van der Waals surface area (Å²) in [5.41, 5.74) is 1.28. The zero-order valence-corrected chi connectivity index (χ0v) is 16.4. The molecule has 2 rings (SSSR count). The lowest BCUT2D eigenvalue weighted by Crippen LogP contribution is -2.38. The van der Waals surface area contributed by atoms with Gasteiger partial charge in [0.1, 0.15) is 4.99 Å². The molecule has 0 N–H and O–H groups in total. The Morgan fingerprint density at radius 3 is 2.44 bits per heavy atom. The van der Waals surface area contributed by atoms with Gasteiger partial charge in [-0.1, -0.05) is 49.4 Å². The van der Waals surface area contributed by atoms with Gasteiger partial charge in [0.25, 0.3) is 0 Å². The molecule has 1 heterocycles. The largest absolute Gasteiger partial charge is 0.265 e. The van der Waals surface area contributed by atoms with E-state index in [0.29, 0.717) is 17.3 Å². The van der Waals surface area contributed by atoms with Crippen molar-refractivity contribution in [3.8, 4) is 11.8 Å². The van der Waals surface area contributed by atoms with Crippen LogP contribution >= 0.6 is 11.6 Å². The number of benzene rings is 1. The molecule has 0 bridgehead atoms. The number of piperidine rings is 1. The second kappa shape index (κ2) is 10.7. The Labute approximate surface area is 157 Å². The lowest BCUT2D eigenvalue weighted by molar-refractivity contribution is 0.314. The highest BCUT2D eigenvalue weighted by molar-refractivity contribution is 7.72. The summed E-state index contributed by atoms with van der Waals surface area (Å²) >= 11 is 5.95. The second-order valence-corrected chi connectivity index (χ2v) is 7.81. The van der Waals surface area contributed by atoms with Crippen LogP contribution in [-0.4, -0.2) is 31.4 Å². The maximum absolute atomic E-state index is 11.6. The van der Waals surface area contributed by atoms with Crippen LogP contribution in [0.4, 0.5) is 0 Å². The molecule has 1 aliphatic rings. The third kappa shape index (κ3) is 6.51. The highest BCUT2D eigenvalue weighted by Crippen LogP contribution is 2.29. The highest BCUT2D eigenvalue weighted by Gasteiger charge is 2.23. The zero-order valence-electron chi connectivity index (χ0n) is 14.8. The molecule has 25 heavy (non-hydrogen) atoms.